The highest BCUT2D eigenvalue weighted by Crippen LogP contribution is 2.53. The van der Waals surface area contributed by atoms with Crippen LogP contribution in [0.15, 0.2) is 0 Å². The van der Waals surface area contributed by atoms with Gasteiger partial charge in [-0.15, -0.1) is 0 Å². The van der Waals surface area contributed by atoms with Gasteiger partial charge in [-0.3, -0.25) is 0 Å². The largest absolute Gasteiger partial charge is 0.0528 e. The van der Waals surface area contributed by atoms with Crippen molar-refractivity contribution in [2.75, 3.05) is 0 Å². The van der Waals surface area contributed by atoms with Gasteiger partial charge in [0.05, 0.1) is 0 Å². The van der Waals surface area contributed by atoms with Crippen molar-refractivity contribution in [3.8, 4) is 0 Å². The van der Waals surface area contributed by atoms with Crippen molar-refractivity contribution >= 4 is 0 Å². The lowest BCUT2D eigenvalue weighted by atomic mass is 9.65. The molecule has 3 aliphatic carbocycles. The average molecular weight is 163 g/mol. The predicted molar refractivity (Wildman–Crippen MR) is 50.6 cm³/mol. The van der Waals surface area contributed by atoms with Gasteiger partial charge in [0, 0.05) is 0 Å². The van der Waals surface area contributed by atoms with E-state index in [1.807, 2.05) is 0 Å². The Bertz CT molecular complexity index is 155. The maximum atomic E-state index is 2.66. The van der Waals surface area contributed by atoms with E-state index in [9.17, 15) is 0 Å². The molecule has 0 amide bonds. The fourth-order valence-electron chi connectivity index (χ4n) is 4.16. The molecule has 0 heterocycles. The molecular weight excluding hydrogens is 144 g/mol. The lowest BCUT2D eigenvalue weighted by molar-refractivity contribution is 0.1000. The van der Waals surface area contributed by atoms with Crippen LogP contribution in [0.3, 0.4) is 0 Å². The summed E-state index contributed by atoms with van der Waals surface area (Å²) in [5.74, 6) is 4.46. The first-order valence-electron chi connectivity index (χ1n) is 5.78. The van der Waals surface area contributed by atoms with Gasteiger partial charge in [0.2, 0.25) is 0 Å². The fraction of sp³-hybridized carbons (Fsp3) is 0.917. The molecule has 4 unspecified atom stereocenters. The Morgan fingerprint density at radius 3 is 2.50 bits per heavy atom. The van der Waals surface area contributed by atoms with Crippen molar-refractivity contribution in [3.63, 3.8) is 0 Å². The van der Waals surface area contributed by atoms with Gasteiger partial charge in [0.25, 0.3) is 0 Å². The molecule has 0 spiro atoms. The molecule has 0 bridgehead atoms. The fourth-order valence-corrected chi connectivity index (χ4v) is 4.16. The maximum absolute atomic E-state index is 2.66. The van der Waals surface area contributed by atoms with E-state index in [0.717, 1.165) is 23.7 Å². The van der Waals surface area contributed by atoms with E-state index in [-0.39, 0.29) is 0 Å². The van der Waals surface area contributed by atoms with Crippen LogP contribution in [0.25, 0.3) is 0 Å². The van der Waals surface area contributed by atoms with Crippen molar-refractivity contribution in [1.29, 1.82) is 0 Å². The summed E-state index contributed by atoms with van der Waals surface area (Å²) in [4.78, 5) is 0. The summed E-state index contributed by atoms with van der Waals surface area (Å²) in [6, 6.07) is 0. The SMILES string of the molecule is [CH]1CC2CCCC3CCCC1C23. The van der Waals surface area contributed by atoms with Crippen LogP contribution in [0.4, 0.5) is 0 Å². The van der Waals surface area contributed by atoms with E-state index in [1.165, 1.54) is 25.7 Å². The first-order chi connectivity index (χ1) is 5.95. The van der Waals surface area contributed by atoms with E-state index in [4.69, 9.17) is 0 Å². The monoisotopic (exact) mass is 163 g/mol. The van der Waals surface area contributed by atoms with E-state index in [1.54, 1.807) is 19.3 Å². The Balaban J connectivity index is 1.84. The highest BCUT2D eigenvalue weighted by Gasteiger charge is 2.44. The minimum absolute atomic E-state index is 1.05. The standard InChI is InChI=1S/C12H19/c1-3-9-4-2-6-11-8-7-10(5-1)12(9)11/h7,9-12H,1-6,8H2. The normalized spacial score (nSPS) is 52.0. The highest BCUT2D eigenvalue weighted by atomic mass is 14.5. The van der Waals surface area contributed by atoms with Crippen LogP contribution in [0.1, 0.15) is 44.9 Å². The maximum Gasteiger partial charge on any atom is -0.0326 e. The van der Waals surface area contributed by atoms with E-state index in [2.05, 4.69) is 6.42 Å². The minimum Gasteiger partial charge on any atom is -0.0528 e. The first kappa shape index (κ1) is 7.41. The second-order valence-corrected chi connectivity index (χ2v) is 5.09. The molecule has 4 atom stereocenters. The van der Waals surface area contributed by atoms with Crippen LogP contribution < -0.4 is 0 Å². The minimum atomic E-state index is 1.05. The molecule has 0 saturated heterocycles. The van der Waals surface area contributed by atoms with Crippen LogP contribution in [0.5, 0.6) is 0 Å². The van der Waals surface area contributed by atoms with Crippen LogP contribution >= 0.6 is 0 Å². The first-order valence-corrected chi connectivity index (χ1v) is 5.78. The summed E-state index contributed by atoms with van der Waals surface area (Å²) in [7, 11) is 0. The molecule has 3 aliphatic rings. The summed E-state index contributed by atoms with van der Waals surface area (Å²) >= 11 is 0. The van der Waals surface area contributed by atoms with Crippen molar-refractivity contribution in [2.24, 2.45) is 23.7 Å². The topological polar surface area (TPSA) is 0 Å². The predicted octanol–water partition coefficient (Wildman–Crippen LogP) is 3.43. The van der Waals surface area contributed by atoms with Gasteiger partial charge in [-0.05, 0) is 42.9 Å². The quantitative estimate of drug-likeness (QED) is 0.513. The molecule has 3 fully saturated rings. The van der Waals surface area contributed by atoms with Crippen molar-refractivity contribution < 1.29 is 0 Å². The smallest absolute Gasteiger partial charge is 0.0326 e. The number of rotatable bonds is 0. The third-order valence-electron chi connectivity index (χ3n) is 4.59. The van der Waals surface area contributed by atoms with Gasteiger partial charge in [-0.25, -0.2) is 0 Å². The average Bonchev–Trinajstić information content (AvgIpc) is 2.52. The van der Waals surface area contributed by atoms with Crippen molar-refractivity contribution in [2.45, 2.75) is 44.9 Å². The molecular formula is C12H19. The molecule has 3 rings (SSSR count). The van der Waals surface area contributed by atoms with Gasteiger partial charge in [0.15, 0.2) is 0 Å². The van der Waals surface area contributed by atoms with Crippen molar-refractivity contribution in [1.82, 2.24) is 0 Å². The summed E-state index contributed by atoms with van der Waals surface area (Å²) < 4.78 is 0. The summed E-state index contributed by atoms with van der Waals surface area (Å²) in [6.45, 7) is 0. The number of hydrogen-bond donors (Lipinski definition) is 0. The zero-order valence-electron chi connectivity index (χ0n) is 7.84. The van der Waals surface area contributed by atoms with Gasteiger partial charge in [0.1, 0.15) is 0 Å². The van der Waals surface area contributed by atoms with Crippen LogP contribution in [0.2, 0.25) is 0 Å². The van der Waals surface area contributed by atoms with Crippen molar-refractivity contribution in [3.05, 3.63) is 6.42 Å². The Hall–Kier alpha value is 0. The lowest BCUT2D eigenvalue weighted by Crippen LogP contribution is -2.31. The molecule has 0 aromatic rings. The molecule has 0 aromatic carbocycles. The molecule has 0 nitrogen and oxygen atoms in total. The summed E-state index contributed by atoms with van der Waals surface area (Å²) in [5, 5.41) is 0. The van der Waals surface area contributed by atoms with E-state index in [0.29, 0.717) is 0 Å². The summed E-state index contributed by atoms with van der Waals surface area (Å²) in [5.41, 5.74) is 0. The molecule has 0 aromatic heterocycles. The molecule has 0 N–H and O–H groups in total. The van der Waals surface area contributed by atoms with Gasteiger partial charge in [-0.1, -0.05) is 32.1 Å². The zero-order valence-corrected chi connectivity index (χ0v) is 7.84. The third kappa shape index (κ3) is 0.963. The second kappa shape index (κ2) is 2.75. The molecule has 1 radical (unpaired) electrons. The van der Waals surface area contributed by atoms with E-state index >= 15 is 0 Å². The Kier molecular flexibility index (Phi) is 1.70. The molecule has 12 heavy (non-hydrogen) atoms. The van der Waals surface area contributed by atoms with Gasteiger partial charge < -0.3 is 0 Å². The molecule has 3 saturated carbocycles. The lowest BCUT2D eigenvalue weighted by Gasteiger charge is -2.40. The van der Waals surface area contributed by atoms with Crippen LogP contribution in [-0.2, 0) is 0 Å². The Morgan fingerprint density at radius 2 is 1.58 bits per heavy atom. The number of hydrogen-bond acceptors (Lipinski definition) is 0. The van der Waals surface area contributed by atoms with Gasteiger partial charge in [-0.2, -0.15) is 0 Å². The van der Waals surface area contributed by atoms with Crippen LogP contribution in [-0.4, -0.2) is 0 Å². The molecule has 0 aliphatic heterocycles. The summed E-state index contributed by atoms with van der Waals surface area (Å²) in [6.07, 6.45) is 13.4. The molecule has 0 heteroatoms. The third-order valence-corrected chi connectivity index (χ3v) is 4.59. The van der Waals surface area contributed by atoms with Crippen LogP contribution in [0, 0.1) is 30.1 Å². The molecule has 67 valence electrons. The Morgan fingerprint density at radius 1 is 0.833 bits per heavy atom. The second-order valence-electron chi connectivity index (χ2n) is 5.09. The Labute approximate surface area is 75.7 Å². The zero-order chi connectivity index (χ0) is 7.97. The van der Waals surface area contributed by atoms with Gasteiger partial charge >= 0.3 is 0 Å². The van der Waals surface area contributed by atoms with E-state index < -0.39 is 0 Å². The highest BCUT2D eigenvalue weighted by molar-refractivity contribution is 5.02.